The number of para-hydroxylation sites is 1. The van der Waals surface area contributed by atoms with E-state index in [4.69, 9.17) is 15.5 Å². The van der Waals surface area contributed by atoms with Gasteiger partial charge in [-0.3, -0.25) is 18.8 Å². The molecule has 0 spiro atoms. The molecule has 45 heavy (non-hydrogen) atoms. The van der Waals surface area contributed by atoms with Crippen LogP contribution in [0.3, 0.4) is 0 Å². The topological polar surface area (TPSA) is 143 Å². The summed E-state index contributed by atoms with van der Waals surface area (Å²) in [5.41, 5.74) is 9.67. The van der Waals surface area contributed by atoms with Crippen molar-refractivity contribution in [3.63, 3.8) is 0 Å². The van der Waals surface area contributed by atoms with Crippen molar-refractivity contribution < 1.29 is 9.53 Å². The number of ether oxygens (including phenoxy) is 1. The first-order chi connectivity index (χ1) is 21.7. The second-order valence-corrected chi connectivity index (χ2v) is 10.9. The molecule has 0 aliphatic heterocycles. The monoisotopic (exact) mass is 600 g/mol. The maximum absolute atomic E-state index is 14.3. The Labute approximate surface area is 259 Å². The van der Waals surface area contributed by atoms with Crippen molar-refractivity contribution in [3.8, 4) is 33.8 Å². The molecule has 11 nitrogen and oxygen atoms in total. The summed E-state index contributed by atoms with van der Waals surface area (Å²) in [7, 11) is 1.82. The molecule has 0 radical (unpaired) electrons. The zero-order valence-electron chi connectivity index (χ0n) is 25.3. The van der Waals surface area contributed by atoms with Gasteiger partial charge in [-0.1, -0.05) is 30.3 Å². The Morgan fingerprint density at radius 2 is 1.67 bits per heavy atom. The van der Waals surface area contributed by atoms with Gasteiger partial charge >= 0.3 is 0 Å². The molecular weight excluding hydrogens is 568 g/mol. The second kappa shape index (κ2) is 12.0. The van der Waals surface area contributed by atoms with Gasteiger partial charge in [0.15, 0.2) is 11.5 Å². The number of carbonyl (C=O) groups excluding carboxylic acids is 1. The molecule has 0 aliphatic rings. The van der Waals surface area contributed by atoms with Gasteiger partial charge in [-0.2, -0.15) is 5.10 Å². The Morgan fingerprint density at radius 3 is 2.36 bits per heavy atom. The van der Waals surface area contributed by atoms with Crippen LogP contribution < -0.4 is 21.3 Å². The van der Waals surface area contributed by atoms with E-state index in [0.717, 1.165) is 22.4 Å². The van der Waals surface area contributed by atoms with Crippen LogP contribution in [-0.4, -0.2) is 41.3 Å². The van der Waals surface area contributed by atoms with Crippen LogP contribution in [0.5, 0.6) is 5.75 Å². The van der Waals surface area contributed by atoms with E-state index < -0.39 is 11.9 Å². The summed E-state index contributed by atoms with van der Waals surface area (Å²) < 4.78 is 8.94. The predicted octanol–water partition coefficient (Wildman–Crippen LogP) is 5.10. The van der Waals surface area contributed by atoms with E-state index in [1.165, 1.54) is 10.8 Å². The van der Waals surface area contributed by atoms with Crippen molar-refractivity contribution in [1.82, 2.24) is 34.6 Å². The number of aromatic nitrogens is 6. The molecular formula is C34H32N8O3. The van der Waals surface area contributed by atoms with Crippen LogP contribution in [0.25, 0.3) is 39.0 Å². The van der Waals surface area contributed by atoms with Gasteiger partial charge < -0.3 is 15.8 Å². The number of amides is 1. The number of anilines is 1. The number of benzene rings is 3. The molecule has 0 bridgehead atoms. The molecule has 11 heteroatoms. The van der Waals surface area contributed by atoms with Gasteiger partial charge in [0.1, 0.15) is 11.6 Å². The summed E-state index contributed by atoms with van der Waals surface area (Å²) in [6.07, 6.45) is 5.13. The number of fused-ring (bicyclic) bond motifs is 1. The standard InChI is InChI=1S/C34H32N8O3/c1-20(2)45-25-15-13-22(14-16-25)28-18-36-31(35)30(39-28)33(43)38-21(3)32-40-27-12-8-11-26(23-17-37-41(4)19-23)29(27)34(44)42(32)24-9-6-5-7-10-24/h5-21H,1-4H3,(H2,35,36)(H,38,43)/t21-/m0/s1. The molecule has 3 heterocycles. The van der Waals surface area contributed by atoms with E-state index in [2.05, 4.69) is 20.4 Å². The Hall–Kier alpha value is -5.84. The van der Waals surface area contributed by atoms with E-state index in [0.29, 0.717) is 28.1 Å². The van der Waals surface area contributed by atoms with Crippen molar-refractivity contribution in [2.75, 3.05) is 5.73 Å². The average Bonchev–Trinajstić information content (AvgIpc) is 3.47. The Morgan fingerprint density at radius 1 is 0.911 bits per heavy atom. The molecule has 0 aliphatic carbocycles. The summed E-state index contributed by atoms with van der Waals surface area (Å²) in [6.45, 7) is 5.67. The van der Waals surface area contributed by atoms with Crippen LogP contribution in [0.2, 0.25) is 0 Å². The molecule has 0 fully saturated rings. The molecule has 0 saturated heterocycles. The summed E-state index contributed by atoms with van der Waals surface area (Å²) >= 11 is 0. The molecule has 1 amide bonds. The minimum atomic E-state index is -0.714. The maximum atomic E-state index is 14.3. The van der Waals surface area contributed by atoms with Crippen molar-refractivity contribution in [3.05, 3.63) is 113 Å². The van der Waals surface area contributed by atoms with E-state index in [1.807, 2.05) is 93.8 Å². The lowest BCUT2D eigenvalue weighted by Crippen LogP contribution is -2.34. The van der Waals surface area contributed by atoms with Crippen molar-refractivity contribution in [2.45, 2.75) is 32.9 Å². The average molecular weight is 601 g/mol. The number of nitrogens with zero attached hydrogens (tertiary/aromatic N) is 6. The Balaban J connectivity index is 1.38. The summed E-state index contributed by atoms with van der Waals surface area (Å²) in [6, 6.07) is 21.4. The zero-order valence-corrected chi connectivity index (χ0v) is 25.3. The Bertz CT molecular complexity index is 2070. The third kappa shape index (κ3) is 5.87. The number of nitrogens with one attached hydrogen (secondary N) is 1. The van der Waals surface area contributed by atoms with Gasteiger partial charge in [0, 0.05) is 24.4 Å². The molecule has 0 saturated carbocycles. The van der Waals surface area contributed by atoms with E-state index in [1.54, 1.807) is 23.9 Å². The summed E-state index contributed by atoms with van der Waals surface area (Å²) in [5.74, 6) is 0.506. The highest BCUT2D eigenvalue weighted by atomic mass is 16.5. The van der Waals surface area contributed by atoms with Crippen molar-refractivity contribution in [1.29, 1.82) is 0 Å². The highest BCUT2D eigenvalue weighted by Crippen LogP contribution is 2.28. The Kier molecular flexibility index (Phi) is 7.82. The molecule has 6 aromatic rings. The van der Waals surface area contributed by atoms with E-state index in [9.17, 15) is 9.59 Å². The molecule has 6 rings (SSSR count). The zero-order chi connectivity index (χ0) is 31.7. The molecule has 1 atom stereocenters. The highest BCUT2D eigenvalue weighted by Gasteiger charge is 2.24. The van der Waals surface area contributed by atoms with Crippen LogP contribution in [0, 0.1) is 0 Å². The van der Waals surface area contributed by atoms with Crippen LogP contribution in [0.15, 0.2) is 96.2 Å². The van der Waals surface area contributed by atoms with Gasteiger partial charge in [0.2, 0.25) is 0 Å². The van der Waals surface area contributed by atoms with Gasteiger partial charge in [0.05, 0.1) is 46.8 Å². The third-order valence-electron chi connectivity index (χ3n) is 7.23. The largest absolute Gasteiger partial charge is 0.491 e. The highest BCUT2D eigenvalue weighted by molar-refractivity contribution is 5.97. The number of carbonyl (C=O) groups is 1. The number of hydrogen-bond donors (Lipinski definition) is 2. The van der Waals surface area contributed by atoms with Crippen molar-refractivity contribution in [2.24, 2.45) is 7.05 Å². The smallest absolute Gasteiger partial charge is 0.274 e. The van der Waals surface area contributed by atoms with Crippen LogP contribution >= 0.6 is 0 Å². The second-order valence-electron chi connectivity index (χ2n) is 10.9. The number of nitrogens with two attached hydrogens (primary N) is 1. The quantitative estimate of drug-likeness (QED) is 0.246. The number of nitrogen functional groups attached to an aromatic ring is 1. The minimum absolute atomic E-state index is 0.0174. The summed E-state index contributed by atoms with van der Waals surface area (Å²) in [4.78, 5) is 41.6. The lowest BCUT2D eigenvalue weighted by atomic mass is 10.0. The molecule has 3 N–H and O–H groups in total. The predicted molar refractivity (Wildman–Crippen MR) is 173 cm³/mol. The van der Waals surface area contributed by atoms with Gasteiger partial charge in [-0.25, -0.2) is 15.0 Å². The lowest BCUT2D eigenvalue weighted by molar-refractivity contribution is 0.0933. The van der Waals surface area contributed by atoms with Crippen LogP contribution in [0.4, 0.5) is 5.82 Å². The van der Waals surface area contributed by atoms with Gasteiger partial charge in [-0.15, -0.1) is 0 Å². The van der Waals surface area contributed by atoms with Crippen molar-refractivity contribution >= 4 is 22.6 Å². The number of aryl methyl sites for hydroxylation is 1. The maximum Gasteiger partial charge on any atom is 0.274 e. The molecule has 226 valence electrons. The van der Waals surface area contributed by atoms with E-state index in [-0.39, 0.29) is 23.2 Å². The fourth-order valence-corrected chi connectivity index (χ4v) is 5.18. The normalized spacial score (nSPS) is 11.9. The molecule has 3 aromatic heterocycles. The van der Waals surface area contributed by atoms with E-state index >= 15 is 0 Å². The number of hydrogen-bond acceptors (Lipinski definition) is 8. The molecule has 3 aromatic carbocycles. The number of rotatable bonds is 8. The summed E-state index contributed by atoms with van der Waals surface area (Å²) in [5, 5.41) is 7.66. The van der Waals surface area contributed by atoms with Gasteiger partial charge in [-0.05, 0) is 68.8 Å². The fourth-order valence-electron chi connectivity index (χ4n) is 5.18. The minimum Gasteiger partial charge on any atom is -0.491 e. The first-order valence-corrected chi connectivity index (χ1v) is 14.5. The first-order valence-electron chi connectivity index (χ1n) is 14.5. The molecule has 0 unspecified atom stereocenters. The SMILES string of the molecule is CC(C)Oc1ccc(-c2cnc(N)c(C(=O)N[C@@H](C)c3nc4cccc(-c5cnn(C)c5)c4c(=O)n3-c3ccccc3)n2)cc1. The van der Waals surface area contributed by atoms with Gasteiger partial charge in [0.25, 0.3) is 11.5 Å². The first kappa shape index (κ1) is 29.2. The lowest BCUT2D eigenvalue weighted by Gasteiger charge is -2.20. The van der Waals surface area contributed by atoms with Crippen LogP contribution in [-0.2, 0) is 7.05 Å². The third-order valence-corrected chi connectivity index (χ3v) is 7.23. The fraction of sp³-hybridized carbons (Fsp3) is 0.176. The van der Waals surface area contributed by atoms with Crippen LogP contribution in [0.1, 0.15) is 43.1 Å².